The van der Waals surface area contributed by atoms with Gasteiger partial charge in [0, 0.05) is 0 Å². The first-order valence-corrected chi connectivity index (χ1v) is 16.5. The summed E-state index contributed by atoms with van der Waals surface area (Å²) in [5.41, 5.74) is 3.59. The van der Waals surface area contributed by atoms with Crippen molar-refractivity contribution in [2.45, 2.75) is 32.1 Å². The van der Waals surface area contributed by atoms with Crippen molar-refractivity contribution in [3.8, 4) is 0 Å². The van der Waals surface area contributed by atoms with Gasteiger partial charge in [0.25, 0.3) is 0 Å². The first kappa shape index (κ1) is 15.2. The molecule has 0 radical (unpaired) electrons. The Morgan fingerprint density at radius 2 is 1.94 bits per heavy atom. The summed E-state index contributed by atoms with van der Waals surface area (Å²) in [4.78, 5) is 18.7. The summed E-state index contributed by atoms with van der Waals surface area (Å²) in [7, 11) is 0. The number of hydrazone groups is 1. The number of rotatable bonds is 5. The fourth-order valence-electron chi connectivity index (χ4n) is 1.35. The maximum atomic E-state index is 11.7. The number of carbonyl (C=O) groups is 1. The van der Waals surface area contributed by atoms with Crippen molar-refractivity contribution < 1.29 is 4.79 Å². The number of benzene rings is 1. The van der Waals surface area contributed by atoms with Gasteiger partial charge in [0.1, 0.15) is 0 Å². The Morgan fingerprint density at radius 3 is 2.50 bits per heavy atom. The number of nitrogens with zero attached hydrogens (tertiary/aromatic N) is 1. The van der Waals surface area contributed by atoms with Crippen molar-refractivity contribution in [2.75, 3.05) is 0 Å². The Hall–Kier alpha value is -0.841. The molecule has 0 aliphatic heterocycles. The van der Waals surface area contributed by atoms with Crippen molar-refractivity contribution in [1.82, 2.24) is 5.43 Å². The van der Waals surface area contributed by atoms with Gasteiger partial charge in [0.15, 0.2) is 0 Å². The molecule has 98 valence electrons. The summed E-state index contributed by atoms with van der Waals surface area (Å²) in [6, 6.07) is 9.74. The summed E-state index contributed by atoms with van der Waals surface area (Å²) in [5.74, 6) is 0.0151. The second-order valence-corrected chi connectivity index (χ2v) is 22.0. The normalized spacial score (nSPS) is 13.6. The standard InChI is InChI=1S/C11H13N2O.3CH3.Sn/c1-2-6-11(14)13-12-9-10-7-4-3-5-8-10;;;;/h2-5,7-9H,6H2,1H3,(H,13,14);3*1H3;/b12-9+;;;;. The number of nitrogens with one attached hydrogen (secondary N) is 1. The van der Waals surface area contributed by atoms with Gasteiger partial charge in [0.05, 0.1) is 0 Å². The molecule has 1 unspecified atom stereocenters. The molecule has 0 heterocycles. The zero-order valence-corrected chi connectivity index (χ0v) is 14.5. The van der Waals surface area contributed by atoms with Gasteiger partial charge < -0.3 is 0 Å². The van der Waals surface area contributed by atoms with Gasteiger partial charge in [-0.1, -0.05) is 0 Å². The van der Waals surface area contributed by atoms with Crippen molar-refractivity contribution in [3.63, 3.8) is 0 Å². The number of hydrogen-bond donors (Lipinski definition) is 1. The summed E-state index contributed by atoms with van der Waals surface area (Å²) >= 11 is -1.95. The molecule has 3 nitrogen and oxygen atoms in total. The molecule has 1 aromatic rings. The second-order valence-electron chi connectivity index (χ2n) is 5.68. The first-order chi connectivity index (χ1) is 8.39. The van der Waals surface area contributed by atoms with Crippen LogP contribution in [0.15, 0.2) is 35.4 Å². The van der Waals surface area contributed by atoms with Crippen LogP contribution in [0.2, 0.25) is 18.8 Å². The molecule has 0 fully saturated rings. The van der Waals surface area contributed by atoms with E-state index in [1.165, 1.54) is 0 Å². The van der Waals surface area contributed by atoms with Gasteiger partial charge in [0.2, 0.25) is 0 Å². The van der Waals surface area contributed by atoms with E-state index in [4.69, 9.17) is 0 Å². The third-order valence-corrected chi connectivity index (χ3v) is 12.2. The van der Waals surface area contributed by atoms with Crippen LogP contribution in [0.25, 0.3) is 0 Å². The Morgan fingerprint density at radius 1 is 1.33 bits per heavy atom. The topological polar surface area (TPSA) is 41.5 Å². The van der Waals surface area contributed by atoms with Crippen LogP contribution in [0.1, 0.15) is 18.9 Å². The van der Waals surface area contributed by atoms with Gasteiger partial charge in [-0.25, -0.2) is 0 Å². The summed E-state index contributed by atoms with van der Waals surface area (Å²) in [6.45, 7) is 2.18. The SMILES string of the molecule is C[CH](CC(=O)N/N=C/c1ccccc1)[Sn]([CH3])([CH3])[CH3]. The van der Waals surface area contributed by atoms with Crippen LogP contribution in [0.5, 0.6) is 0 Å². The fourth-order valence-corrected chi connectivity index (χ4v) is 3.62. The molecular weight excluding hydrogens is 331 g/mol. The Labute approximate surface area is 114 Å². The predicted molar refractivity (Wildman–Crippen MR) is 79.6 cm³/mol. The van der Waals surface area contributed by atoms with Crippen LogP contribution >= 0.6 is 0 Å². The molecule has 18 heavy (non-hydrogen) atoms. The van der Waals surface area contributed by atoms with Crippen molar-refractivity contribution in [2.24, 2.45) is 5.10 Å². The van der Waals surface area contributed by atoms with Crippen molar-refractivity contribution in [3.05, 3.63) is 35.9 Å². The van der Waals surface area contributed by atoms with Gasteiger partial charge >= 0.3 is 114 Å². The van der Waals surface area contributed by atoms with Crippen molar-refractivity contribution in [1.29, 1.82) is 0 Å². The Bertz CT molecular complexity index is 410. The molecule has 0 aliphatic rings. The van der Waals surface area contributed by atoms with E-state index in [0.29, 0.717) is 10.4 Å². The van der Waals surface area contributed by atoms with E-state index in [1.54, 1.807) is 6.21 Å². The third-order valence-electron chi connectivity index (χ3n) is 3.17. The molecule has 0 aliphatic carbocycles. The minimum absolute atomic E-state index is 0.0151. The van der Waals surface area contributed by atoms with Crippen LogP contribution in [0, 0.1) is 0 Å². The molecule has 1 amide bonds. The molecule has 0 aromatic heterocycles. The van der Waals surface area contributed by atoms with Gasteiger partial charge in [-0.15, -0.1) is 0 Å². The molecule has 1 atom stereocenters. The van der Waals surface area contributed by atoms with Crippen LogP contribution in [-0.4, -0.2) is 30.5 Å². The molecule has 0 bridgehead atoms. The zero-order chi connectivity index (χ0) is 13.6. The molecule has 0 saturated carbocycles. The van der Waals surface area contributed by atoms with Gasteiger partial charge in [-0.2, -0.15) is 0 Å². The van der Waals surface area contributed by atoms with E-state index >= 15 is 0 Å². The maximum absolute atomic E-state index is 11.7. The Balaban J connectivity index is 2.40. The van der Waals surface area contributed by atoms with E-state index in [0.717, 1.165) is 5.56 Å². The van der Waals surface area contributed by atoms with Crippen LogP contribution < -0.4 is 5.43 Å². The van der Waals surface area contributed by atoms with Crippen LogP contribution in [0.4, 0.5) is 0 Å². The molecule has 1 rings (SSSR count). The molecule has 0 saturated heterocycles. The summed E-state index contributed by atoms with van der Waals surface area (Å²) in [6.07, 6.45) is 2.26. The van der Waals surface area contributed by atoms with E-state index in [-0.39, 0.29) is 5.91 Å². The van der Waals surface area contributed by atoms with Crippen molar-refractivity contribution >= 4 is 30.5 Å². The second kappa shape index (κ2) is 6.92. The van der Waals surface area contributed by atoms with Crippen LogP contribution in [-0.2, 0) is 4.79 Å². The predicted octanol–water partition coefficient (Wildman–Crippen LogP) is 3.26. The first-order valence-electron chi connectivity index (χ1n) is 6.26. The molecule has 4 heteroatoms. The molecule has 1 N–H and O–H groups in total. The average molecular weight is 353 g/mol. The van der Waals surface area contributed by atoms with E-state index < -0.39 is 18.4 Å². The zero-order valence-electron chi connectivity index (χ0n) is 11.6. The molecule has 0 spiro atoms. The summed E-state index contributed by atoms with van der Waals surface area (Å²) < 4.78 is 0.534. The number of amides is 1. The average Bonchev–Trinajstić information content (AvgIpc) is 2.29. The van der Waals surface area contributed by atoms with E-state index in [1.807, 2.05) is 30.3 Å². The minimum atomic E-state index is -1.95. The van der Waals surface area contributed by atoms with Crippen LogP contribution in [0.3, 0.4) is 0 Å². The van der Waals surface area contributed by atoms with E-state index in [9.17, 15) is 4.79 Å². The number of carbonyl (C=O) groups excluding carboxylic acids is 1. The van der Waals surface area contributed by atoms with Gasteiger partial charge in [-0.3, -0.25) is 0 Å². The quantitative estimate of drug-likeness (QED) is 0.493. The fraction of sp³-hybridized carbons (Fsp3) is 0.429. The number of hydrogen-bond acceptors (Lipinski definition) is 2. The monoisotopic (exact) mass is 354 g/mol. The Kier molecular flexibility index (Phi) is 5.85. The van der Waals surface area contributed by atoms with E-state index in [2.05, 4.69) is 32.3 Å². The van der Waals surface area contributed by atoms with Gasteiger partial charge in [-0.05, 0) is 0 Å². The third kappa shape index (κ3) is 5.67. The molecule has 1 aromatic carbocycles. The summed E-state index contributed by atoms with van der Waals surface area (Å²) in [5, 5.41) is 3.98. The molecular formula is C14H22N2OSn.